The van der Waals surface area contributed by atoms with Crippen LogP contribution in [0.15, 0.2) is 65.6 Å². The van der Waals surface area contributed by atoms with E-state index in [-0.39, 0.29) is 39.6 Å². The van der Waals surface area contributed by atoms with E-state index in [1.54, 1.807) is 44.4 Å². The zero-order chi connectivity index (χ0) is 33.1. The summed E-state index contributed by atoms with van der Waals surface area (Å²) in [5, 5.41) is 3.09. The number of carbonyl (C=O) groups excluding carboxylic acids is 2. The normalized spacial score (nSPS) is 11.7. The van der Waals surface area contributed by atoms with Crippen LogP contribution < -0.4 is 28.6 Å². The quantitative estimate of drug-likeness (QED) is 0.215. The molecule has 13 heteroatoms. The number of sulfonamides is 1. The van der Waals surface area contributed by atoms with Crippen LogP contribution in [0.2, 0.25) is 5.02 Å². The number of rotatable bonds is 16. The molecule has 3 rings (SSSR count). The molecule has 0 aromatic heterocycles. The summed E-state index contributed by atoms with van der Waals surface area (Å²) in [5.74, 6) is 0.315. The molecule has 2 amide bonds. The van der Waals surface area contributed by atoms with E-state index in [1.807, 2.05) is 6.92 Å². The standard InChI is InChI=1S/C32H40ClN3O8S/c1-7-8-17-34-32(38)22(2)35(20-23-9-12-25(41-3)13-10-23)31(37)21-36(27-18-24(33)11-15-28(27)42-4)45(39,40)26-14-16-29(43-5)30(19-26)44-6/h9-16,18-19,22H,7-8,17,20-21H2,1-6H3,(H,34,38)/t22-/m0/s1. The third kappa shape index (κ3) is 8.73. The maximum absolute atomic E-state index is 14.3. The first-order chi connectivity index (χ1) is 21.5. The lowest BCUT2D eigenvalue weighted by Gasteiger charge is -2.32. The van der Waals surface area contributed by atoms with Crippen molar-refractivity contribution < 1.29 is 37.0 Å². The van der Waals surface area contributed by atoms with E-state index in [4.69, 9.17) is 30.5 Å². The van der Waals surface area contributed by atoms with Crippen LogP contribution in [0.5, 0.6) is 23.0 Å². The summed E-state index contributed by atoms with van der Waals surface area (Å²) < 4.78 is 50.9. The Hall–Kier alpha value is -4.16. The second-order valence-corrected chi connectivity index (χ2v) is 12.3. The van der Waals surface area contributed by atoms with Gasteiger partial charge < -0.3 is 29.2 Å². The van der Waals surface area contributed by atoms with Gasteiger partial charge in [-0.15, -0.1) is 0 Å². The Morgan fingerprint density at radius 3 is 2.11 bits per heavy atom. The molecule has 0 spiro atoms. The Morgan fingerprint density at radius 1 is 0.867 bits per heavy atom. The molecule has 244 valence electrons. The van der Waals surface area contributed by atoms with Crippen molar-refractivity contribution in [2.45, 2.75) is 44.2 Å². The number of methoxy groups -OCH3 is 4. The van der Waals surface area contributed by atoms with Crippen LogP contribution in [-0.4, -0.2) is 72.7 Å². The molecule has 0 saturated heterocycles. The molecule has 0 unspecified atom stereocenters. The summed E-state index contributed by atoms with van der Waals surface area (Å²) in [6, 6.07) is 14.7. The summed E-state index contributed by atoms with van der Waals surface area (Å²) in [6.07, 6.45) is 1.66. The van der Waals surface area contributed by atoms with Gasteiger partial charge in [-0.1, -0.05) is 37.1 Å². The highest BCUT2D eigenvalue weighted by Crippen LogP contribution is 2.37. The van der Waals surface area contributed by atoms with Gasteiger partial charge in [0.25, 0.3) is 10.0 Å². The zero-order valence-corrected chi connectivity index (χ0v) is 27.9. The average molecular weight is 662 g/mol. The summed E-state index contributed by atoms with van der Waals surface area (Å²) in [5.41, 5.74) is 0.754. The largest absolute Gasteiger partial charge is 0.497 e. The monoisotopic (exact) mass is 661 g/mol. The molecule has 1 atom stereocenters. The molecular weight excluding hydrogens is 622 g/mol. The molecule has 0 aliphatic heterocycles. The first kappa shape index (κ1) is 35.3. The minimum atomic E-state index is -4.44. The van der Waals surface area contributed by atoms with Gasteiger partial charge in [0.1, 0.15) is 24.1 Å². The van der Waals surface area contributed by atoms with Gasteiger partial charge in [0.15, 0.2) is 11.5 Å². The topological polar surface area (TPSA) is 124 Å². The van der Waals surface area contributed by atoms with Gasteiger partial charge in [-0.2, -0.15) is 0 Å². The van der Waals surface area contributed by atoms with Crippen LogP contribution in [0.25, 0.3) is 0 Å². The highest BCUT2D eigenvalue weighted by molar-refractivity contribution is 7.92. The number of unbranched alkanes of at least 4 members (excludes halogenated alkanes) is 1. The minimum Gasteiger partial charge on any atom is -0.497 e. The molecule has 0 heterocycles. The molecule has 0 radical (unpaired) electrons. The molecule has 0 aliphatic carbocycles. The first-order valence-corrected chi connectivity index (χ1v) is 16.1. The highest BCUT2D eigenvalue weighted by atomic mass is 35.5. The van der Waals surface area contributed by atoms with Crippen molar-refractivity contribution in [3.63, 3.8) is 0 Å². The van der Waals surface area contributed by atoms with E-state index >= 15 is 0 Å². The first-order valence-electron chi connectivity index (χ1n) is 14.3. The van der Waals surface area contributed by atoms with Crippen LogP contribution in [-0.2, 0) is 26.2 Å². The number of nitrogens with one attached hydrogen (secondary N) is 1. The molecule has 1 N–H and O–H groups in total. The number of carbonyl (C=O) groups is 2. The van der Waals surface area contributed by atoms with Crippen molar-refractivity contribution in [3.8, 4) is 23.0 Å². The van der Waals surface area contributed by atoms with Gasteiger partial charge in [0.05, 0.1) is 39.0 Å². The summed E-state index contributed by atoms with van der Waals surface area (Å²) in [7, 11) is 1.31. The predicted molar refractivity (Wildman–Crippen MR) is 173 cm³/mol. The van der Waals surface area contributed by atoms with Crippen molar-refractivity contribution in [2.75, 3.05) is 45.8 Å². The maximum Gasteiger partial charge on any atom is 0.265 e. The Labute approximate surface area is 270 Å². The molecule has 0 saturated carbocycles. The Morgan fingerprint density at radius 2 is 1.51 bits per heavy atom. The zero-order valence-electron chi connectivity index (χ0n) is 26.3. The lowest BCUT2D eigenvalue weighted by molar-refractivity contribution is -0.139. The fraction of sp³-hybridized carbons (Fsp3) is 0.375. The fourth-order valence-electron chi connectivity index (χ4n) is 4.52. The van der Waals surface area contributed by atoms with Crippen molar-refractivity contribution in [3.05, 3.63) is 71.2 Å². The van der Waals surface area contributed by atoms with Crippen LogP contribution >= 0.6 is 11.6 Å². The molecule has 0 bridgehead atoms. The summed E-state index contributed by atoms with van der Waals surface area (Å²) in [6.45, 7) is 3.42. The molecule has 45 heavy (non-hydrogen) atoms. The number of hydrogen-bond donors (Lipinski definition) is 1. The van der Waals surface area contributed by atoms with Crippen LogP contribution in [0.3, 0.4) is 0 Å². The molecule has 3 aromatic carbocycles. The molecule has 11 nitrogen and oxygen atoms in total. The average Bonchev–Trinajstić information content (AvgIpc) is 3.05. The molecule has 3 aromatic rings. The number of anilines is 1. The van der Waals surface area contributed by atoms with Crippen molar-refractivity contribution in [1.82, 2.24) is 10.2 Å². The van der Waals surface area contributed by atoms with E-state index in [0.717, 1.165) is 17.1 Å². The van der Waals surface area contributed by atoms with Crippen LogP contribution in [0, 0.1) is 0 Å². The van der Waals surface area contributed by atoms with Gasteiger partial charge in [-0.3, -0.25) is 13.9 Å². The second-order valence-electron chi connectivity index (χ2n) is 10.0. The predicted octanol–water partition coefficient (Wildman–Crippen LogP) is 4.90. The third-order valence-electron chi connectivity index (χ3n) is 7.14. The van der Waals surface area contributed by atoms with Gasteiger partial charge in [-0.05, 0) is 61.4 Å². The number of halogens is 1. The smallest absolute Gasteiger partial charge is 0.265 e. The minimum absolute atomic E-state index is 0.0299. The van der Waals surface area contributed by atoms with Crippen molar-refractivity contribution >= 4 is 39.1 Å². The Kier molecular flexibility index (Phi) is 12.7. The molecule has 0 aliphatic rings. The highest BCUT2D eigenvalue weighted by Gasteiger charge is 2.34. The van der Waals surface area contributed by atoms with E-state index < -0.39 is 28.5 Å². The van der Waals surface area contributed by atoms with E-state index in [9.17, 15) is 18.0 Å². The van der Waals surface area contributed by atoms with Crippen molar-refractivity contribution in [1.29, 1.82) is 0 Å². The summed E-state index contributed by atoms with van der Waals surface area (Å²) >= 11 is 6.31. The van der Waals surface area contributed by atoms with Gasteiger partial charge in [0, 0.05) is 24.2 Å². The van der Waals surface area contributed by atoms with E-state index in [0.29, 0.717) is 23.6 Å². The van der Waals surface area contributed by atoms with Gasteiger partial charge in [-0.25, -0.2) is 8.42 Å². The van der Waals surface area contributed by atoms with Gasteiger partial charge in [0.2, 0.25) is 11.8 Å². The van der Waals surface area contributed by atoms with Crippen LogP contribution in [0.4, 0.5) is 5.69 Å². The Balaban J connectivity index is 2.11. The van der Waals surface area contributed by atoms with E-state index in [1.165, 1.54) is 56.6 Å². The third-order valence-corrected chi connectivity index (χ3v) is 9.13. The second kappa shape index (κ2) is 16.2. The SMILES string of the molecule is CCCCNC(=O)[C@H](C)N(Cc1ccc(OC)cc1)C(=O)CN(c1cc(Cl)ccc1OC)S(=O)(=O)c1ccc(OC)c(OC)c1. The number of ether oxygens (including phenoxy) is 4. The number of hydrogen-bond acceptors (Lipinski definition) is 8. The lowest BCUT2D eigenvalue weighted by atomic mass is 10.1. The summed E-state index contributed by atoms with van der Waals surface area (Å²) in [4.78, 5) is 28.6. The van der Waals surface area contributed by atoms with E-state index in [2.05, 4.69) is 5.32 Å². The number of amides is 2. The molecular formula is C32H40ClN3O8S. The van der Waals surface area contributed by atoms with Crippen molar-refractivity contribution in [2.24, 2.45) is 0 Å². The Bertz CT molecular complexity index is 1570. The maximum atomic E-state index is 14.3. The lowest BCUT2D eigenvalue weighted by Crippen LogP contribution is -2.51. The number of benzene rings is 3. The number of nitrogens with zero attached hydrogens (tertiary/aromatic N) is 2. The fourth-order valence-corrected chi connectivity index (χ4v) is 6.12. The molecule has 0 fully saturated rings. The van der Waals surface area contributed by atoms with Gasteiger partial charge >= 0.3 is 0 Å². The van der Waals surface area contributed by atoms with Crippen LogP contribution in [0.1, 0.15) is 32.3 Å².